The fourth-order valence-corrected chi connectivity index (χ4v) is 4.25. The van der Waals surface area contributed by atoms with Gasteiger partial charge in [-0.05, 0) is 61.4 Å². The summed E-state index contributed by atoms with van der Waals surface area (Å²) in [5, 5.41) is 8.42. The molecule has 3 amide bonds. The number of rotatable bonds is 9. The monoisotopic (exact) mass is 570 g/mol. The van der Waals surface area contributed by atoms with Gasteiger partial charge in [0.15, 0.2) is 5.78 Å². The molecule has 3 aromatic rings. The molecule has 0 aliphatic rings. The summed E-state index contributed by atoms with van der Waals surface area (Å²) in [4.78, 5) is 51.7. The Bertz CT molecular complexity index is 1370. The van der Waals surface area contributed by atoms with Crippen LogP contribution >= 0.6 is 23.2 Å². The number of hydrogen-bond donors (Lipinski definition) is 3. The van der Waals surface area contributed by atoms with E-state index in [0.29, 0.717) is 11.4 Å². The number of hydrogen-bond acceptors (Lipinski definition) is 6. The smallest absolute Gasteiger partial charge is 0.340 e. The Morgan fingerprint density at radius 3 is 2.13 bits per heavy atom. The standard InChI is InChI=1S/C28H28Cl2N4O5/c1-16(35)24(32-26(36)25-21(29)6-5-7-22(25)30)14-17-8-10-18(11-9-17)31-28(38)33-23-13-12-19(34(2)3)15-20(23)27(37)39-4/h5-13,15,24H,14H2,1-4H3,(H,32,36)(H2,31,33,38)/t24-/m0/s1. The van der Waals surface area contributed by atoms with E-state index in [9.17, 15) is 19.2 Å². The topological polar surface area (TPSA) is 117 Å². The van der Waals surface area contributed by atoms with Crippen LogP contribution in [0.25, 0.3) is 0 Å². The summed E-state index contributed by atoms with van der Waals surface area (Å²) >= 11 is 12.2. The molecule has 0 spiro atoms. The van der Waals surface area contributed by atoms with Gasteiger partial charge in [0.1, 0.15) is 0 Å². The Balaban J connectivity index is 1.66. The third kappa shape index (κ3) is 7.72. The van der Waals surface area contributed by atoms with Gasteiger partial charge in [0, 0.05) is 25.5 Å². The third-order valence-corrected chi connectivity index (χ3v) is 6.44. The number of benzene rings is 3. The lowest BCUT2D eigenvalue weighted by atomic mass is 10.0. The van der Waals surface area contributed by atoms with Crippen LogP contribution in [0.4, 0.5) is 21.9 Å². The largest absolute Gasteiger partial charge is 0.465 e. The van der Waals surface area contributed by atoms with Crippen LogP contribution in [-0.2, 0) is 16.0 Å². The molecule has 0 unspecified atom stereocenters. The van der Waals surface area contributed by atoms with Gasteiger partial charge in [0.25, 0.3) is 5.91 Å². The minimum absolute atomic E-state index is 0.101. The zero-order valence-electron chi connectivity index (χ0n) is 21.8. The highest BCUT2D eigenvalue weighted by atomic mass is 35.5. The van der Waals surface area contributed by atoms with Gasteiger partial charge in [0.2, 0.25) is 0 Å². The summed E-state index contributed by atoms with van der Waals surface area (Å²) in [6, 6.07) is 15.1. The van der Waals surface area contributed by atoms with Crippen molar-refractivity contribution < 1.29 is 23.9 Å². The molecule has 0 fully saturated rings. The van der Waals surface area contributed by atoms with Gasteiger partial charge in [-0.15, -0.1) is 0 Å². The van der Waals surface area contributed by atoms with Crippen molar-refractivity contribution in [1.29, 1.82) is 0 Å². The fraction of sp³-hybridized carbons (Fsp3) is 0.214. The molecule has 0 saturated heterocycles. The number of anilines is 3. The highest BCUT2D eigenvalue weighted by molar-refractivity contribution is 6.39. The van der Waals surface area contributed by atoms with Crippen molar-refractivity contribution in [3.8, 4) is 0 Å². The van der Waals surface area contributed by atoms with Crippen LogP contribution in [0.15, 0.2) is 60.7 Å². The van der Waals surface area contributed by atoms with E-state index in [0.717, 1.165) is 11.3 Å². The van der Waals surface area contributed by atoms with Gasteiger partial charge in [0.05, 0.1) is 40.0 Å². The molecule has 0 saturated carbocycles. The Morgan fingerprint density at radius 2 is 1.56 bits per heavy atom. The second kappa shape index (κ2) is 13.1. The van der Waals surface area contributed by atoms with Crippen LogP contribution in [0.1, 0.15) is 33.2 Å². The zero-order valence-corrected chi connectivity index (χ0v) is 23.3. The van der Waals surface area contributed by atoms with Crippen molar-refractivity contribution in [3.63, 3.8) is 0 Å². The highest BCUT2D eigenvalue weighted by Crippen LogP contribution is 2.25. The van der Waals surface area contributed by atoms with Gasteiger partial charge in [-0.3, -0.25) is 9.59 Å². The van der Waals surface area contributed by atoms with Gasteiger partial charge in [-0.1, -0.05) is 41.4 Å². The maximum Gasteiger partial charge on any atom is 0.340 e. The van der Waals surface area contributed by atoms with E-state index in [4.69, 9.17) is 27.9 Å². The minimum atomic E-state index is -0.811. The summed E-state index contributed by atoms with van der Waals surface area (Å²) in [5.74, 6) is -1.37. The Hall–Kier alpha value is -4.08. The number of amides is 3. The lowest BCUT2D eigenvalue weighted by molar-refractivity contribution is -0.118. The number of ether oxygens (including phenoxy) is 1. The van der Waals surface area contributed by atoms with Crippen molar-refractivity contribution >= 4 is 64.0 Å². The third-order valence-electron chi connectivity index (χ3n) is 5.81. The Morgan fingerprint density at radius 1 is 0.923 bits per heavy atom. The van der Waals surface area contributed by atoms with Crippen LogP contribution < -0.4 is 20.9 Å². The molecule has 0 heterocycles. The molecule has 0 bridgehead atoms. The summed E-state index contributed by atoms with van der Waals surface area (Å²) in [6.45, 7) is 1.38. The fourth-order valence-electron chi connectivity index (χ4n) is 3.68. The van der Waals surface area contributed by atoms with Gasteiger partial charge < -0.3 is 25.6 Å². The van der Waals surface area contributed by atoms with E-state index in [-0.39, 0.29) is 33.4 Å². The normalized spacial score (nSPS) is 11.2. The SMILES string of the molecule is COC(=O)c1cc(N(C)C)ccc1NC(=O)Nc1ccc(C[C@H](NC(=O)c2c(Cl)cccc2Cl)C(C)=O)cc1. The molecule has 0 aliphatic heterocycles. The molecule has 11 heteroatoms. The number of esters is 1. The van der Waals surface area contributed by atoms with Crippen molar-refractivity contribution in [1.82, 2.24) is 5.32 Å². The predicted octanol–water partition coefficient (Wildman–Crippen LogP) is 5.42. The zero-order chi connectivity index (χ0) is 28.7. The van der Waals surface area contributed by atoms with Crippen molar-refractivity contribution in [2.75, 3.05) is 36.7 Å². The van der Waals surface area contributed by atoms with Crippen LogP contribution in [0, 0.1) is 0 Å². The van der Waals surface area contributed by atoms with E-state index >= 15 is 0 Å². The maximum atomic E-state index is 12.7. The molecule has 0 aromatic heterocycles. The van der Waals surface area contributed by atoms with Crippen LogP contribution in [-0.4, -0.2) is 50.9 Å². The summed E-state index contributed by atoms with van der Waals surface area (Å²) < 4.78 is 4.84. The second-order valence-corrected chi connectivity index (χ2v) is 9.64. The summed E-state index contributed by atoms with van der Waals surface area (Å²) in [7, 11) is 4.94. The number of nitrogens with zero attached hydrogens (tertiary/aromatic N) is 1. The number of carbonyl (C=O) groups is 4. The minimum Gasteiger partial charge on any atom is -0.465 e. The lowest BCUT2D eigenvalue weighted by Gasteiger charge is -2.18. The van der Waals surface area contributed by atoms with E-state index in [1.54, 1.807) is 60.7 Å². The van der Waals surface area contributed by atoms with Gasteiger partial charge in [-0.25, -0.2) is 9.59 Å². The number of urea groups is 1. The average molecular weight is 571 g/mol. The number of nitrogens with one attached hydrogen (secondary N) is 3. The molecule has 0 radical (unpaired) electrons. The first-order valence-electron chi connectivity index (χ1n) is 11.8. The van der Waals surface area contributed by atoms with E-state index in [2.05, 4.69) is 16.0 Å². The molecule has 3 rings (SSSR count). The lowest BCUT2D eigenvalue weighted by Crippen LogP contribution is -2.41. The molecule has 39 heavy (non-hydrogen) atoms. The molecule has 3 aromatic carbocycles. The predicted molar refractivity (Wildman–Crippen MR) is 153 cm³/mol. The first-order chi connectivity index (χ1) is 18.5. The van der Waals surface area contributed by atoms with Gasteiger partial charge in [-0.2, -0.15) is 0 Å². The average Bonchev–Trinajstić information content (AvgIpc) is 2.88. The van der Waals surface area contributed by atoms with Crippen molar-refractivity contribution in [2.45, 2.75) is 19.4 Å². The van der Waals surface area contributed by atoms with Crippen LogP contribution in [0.5, 0.6) is 0 Å². The van der Waals surface area contributed by atoms with Crippen LogP contribution in [0.2, 0.25) is 10.0 Å². The van der Waals surface area contributed by atoms with E-state index in [1.165, 1.54) is 14.0 Å². The van der Waals surface area contributed by atoms with E-state index < -0.39 is 23.9 Å². The molecule has 204 valence electrons. The van der Waals surface area contributed by atoms with Crippen molar-refractivity contribution in [2.24, 2.45) is 0 Å². The molecule has 0 aliphatic carbocycles. The maximum absolute atomic E-state index is 12.7. The van der Waals surface area contributed by atoms with E-state index in [1.807, 2.05) is 19.0 Å². The second-order valence-electron chi connectivity index (χ2n) is 8.83. The first kappa shape index (κ1) is 29.5. The molecule has 9 nitrogen and oxygen atoms in total. The molecule has 3 N–H and O–H groups in total. The Kier molecular flexibility index (Phi) is 9.92. The van der Waals surface area contributed by atoms with Crippen molar-refractivity contribution in [3.05, 3.63) is 87.4 Å². The number of Topliss-reactive ketones (excluding diaryl/α,β-unsaturated/α-hetero) is 1. The highest BCUT2D eigenvalue weighted by Gasteiger charge is 2.22. The molecular formula is C28H28Cl2N4O5. The summed E-state index contributed by atoms with van der Waals surface area (Å²) in [6.07, 6.45) is 0.219. The first-order valence-corrected chi connectivity index (χ1v) is 12.6. The molecular weight excluding hydrogens is 543 g/mol. The van der Waals surface area contributed by atoms with Crippen LogP contribution in [0.3, 0.4) is 0 Å². The summed E-state index contributed by atoms with van der Waals surface area (Å²) in [5.41, 5.74) is 2.60. The van der Waals surface area contributed by atoms with Gasteiger partial charge >= 0.3 is 12.0 Å². The quantitative estimate of drug-likeness (QED) is 0.296. The number of carbonyl (C=O) groups excluding carboxylic acids is 4. The molecule has 1 atom stereocenters. The number of halogens is 2. The number of methoxy groups -OCH3 is 1. The number of ketones is 1. The Labute approximate surface area is 236 Å².